The molecule has 192 valence electrons. The van der Waals surface area contributed by atoms with E-state index in [1.807, 2.05) is 0 Å². The molecule has 0 radical (unpaired) electrons. The number of alkyl halides is 2. The molecule has 8 nitrogen and oxygen atoms in total. The number of aromatic nitrogens is 1. The van der Waals surface area contributed by atoms with Gasteiger partial charge in [-0.1, -0.05) is 0 Å². The molecule has 1 aliphatic rings. The third-order valence-corrected chi connectivity index (χ3v) is 5.64. The van der Waals surface area contributed by atoms with Crippen molar-refractivity contribution in [3.63, 3.8) is 0 Å². The first-order valence-corrected chi connectivity index (χ1v) is 11.4. The Kier molecular flexibility index (Phi) is 5.85. The molecule has 0 aliphatic carbocycles. The Morgan fingerprint density at radius 2 is 1.97 bits per heavy atom. The van der Waals surface area contributed by atoms with Crippen LogP contribution in [0.3, 0.4) is 0 Å². The van der Waals surface area contributed by atoms with Crippen molar-refractivity contribution in [2.24, 2.45) is 0 Å². The highest BCUT2D eigenvalue weighted by Crippen LogP contribution is 2.34. The van der Waals surface area contributed by atoms with Gasteiger partial charge in [-0.2, -0.15) is 0 Å². The van der Waals surface area contributed by atoms with E-state index in [-0.39, 0.29) is 55.3 Å². The molecule has 1 saturated heterocycles. The second-order valence-electron chi connectivity index (χ2n) is 9.64. The average molecular weight is 505 g/mol. The number of carbonyl (C=O) groups is 2. The third kappa shape index (κ3) is 5.92. The summed E-state index contributed by atoms with van der Waals surface area (Å²) in [6.07, 6.45) is -0.0444. The van der Waals surface area contributed by atoms with Crippen molar-refractivity contribution >= 4 is 23.0 Å². The Morgan fingerprint density at radius 3 is 2.61 bits per heavy atom. The summed E-state index contributed by atoms with van der Waals surface area (Å²) in [5.74, 6) is -2.86. The van der Waals surface area contributed by atoms with Crippen LogP contribution in [0.15, 0.2) is 40.9 Å². The van der Waals surface area contributed by atoms with Crippen LogP contribution in [0.25, 0.3) is 22.2 Å². The third-order valence-electron chi connectivity index (χ3n) is 5.64. The van der Waals surface area contributed by atoms with Crippen molar-refractivity contribution in [2.45, 2.75) is 51.7 Å². The predicted octanol–water partition coefficient (Wildman–Crippen LogP) is 5.40. The number of likely N-dealkylation sites (tertiary alicyclic amines) is 1. The summed E-state index contributed by atoms with van der Waals surface area (Å²) in [4.78, 5) is 30.5. The fourth-order valence-electron chi connectivity index (χ4n) is 3.87. The number of hydrogen-bond donors (Lipinski definition) is 1. The Hall–Kier alpha value is -3.69. The Bertz CT molecular complexity index is 1360. The van der Waals surface area contributed by atoms with Crippen molar-refractivity contribution in [1.29, 1.82) is 0 Å². The average Bonchev–Trinajstić information content (AvgIpc) is 3.24. The van der Waals surface area contributed by atoms with E-state index in [9.17, 15) is 18.4 Å². The molecule has 1 fully saturated rings. The highest BCUT2D eigenvalue weighted by atomic mass is 19.3. The zero-order valence-corrected chi connectivity index (χ0v) is 20.2. The molecule has 3 heterocycles. The van der Waals surface area contributed by atoms with Gasteiger partial charge in [0, 0.05) is 43.1 Å². The summed E-state index contributed by atoms with van der Waals surface area (Å²) < 4.78 is 65.7. The summed E-state index contributed by atoms with van der Waals surface area (Å²) in [7, 11) is -2.76. The second kappa shape index (κ2) is 9.75. The number of fused-ring (bicyclic) bond motifs is 1. The van der Waals surface area contributed by atoms with Crippen LogP contribution in [-0.2, 0) is 11.3 Å². The lowest BCUT2D eigenvalue weighted by Gasteiger charge is -2.31. The monoisotopic (exact) mass is 504 g/mol. The number of rotatable bonds is 5. The minimum absolute atomic E-state index is 0.0103. The van der Waals surface area contributed by atoms with E-state index >= 15 is 0 Å². The molecule has 1 N–H and O–H groups in total. The van der Waals surface area contributed by atoms with E-state index in [2.05, 4.69) is 10.3 Å². The number of halogens is 2. The Balaban J connectivity index is 1.57. The number of methoxy groups -OCH3 is 1. The highest BCUT2D eigenvalue weighted by Gasteiger charge is 2.35. The van der Waals surface area contributed by atoms with Gasteiger partial charge in [0.05, 0.1) is 29.0 Å². The van der Waals surface area contributed by atoms with E-state index in [1.165, 1.54) is 23.2 Å². The number of furan rings is 1. The molecule has 10 heteroatoms. The number of benzene rings is 1. The quantitative estimate of drug-likeness (QED) is 0.500. The molecule has 1 aliphatic heterocycles. The minimum Gasteiger partial charge on any atom is -0.493 e. The maximum atomic E-state index is 13.4. The van der Waals surface area contributed by atoms with E-state index in [1.54, 1.807) is 39.0 Å². The first-order valence-electron chi connectivity index (χ1n) is 12.9. The molecule has 2 amide bonds. The van der Waals surface area contributed by atoms with Gasteiger partial charge < -0.3 is 24.1 Å². The fourth-order valence-corrected chi connectivity index (χ4v) is 3.87. The van der Waals surface area contributed by atoms with Crippen LogP contribution < -0.4 is 10.1 Å². The number of pyridine rings is 1. The molecular formula is C26H29F2N3O5. The van der Waals surface area contributed by atoms with Crippen molar-refractivity contribution in [2.75, 3.05) is 20.1 Å². The zero-order valence-electron chi connectivity index (χ0n) is 23.2. The van der Waals surface area contributed by atoms with Gasteiger partial charge in [-0.25, -0.2) is 13.6 Å². The largest absolute Gasteiger partial charge is 0.493 e. The maximum Gasteiger partial charge on any atom is 0.408 e. The molecule has 36 heavy (non-hydrogen) atoms. The molecule has 0 spiro atoms. The number of nitrogens with zero attached hydrogens (tertiary/aromatic N) is 2. The van der Waals surface area contributed by atoms with E-state index in [0.717, 1.165) is 0 Å². The van der Waals surface area contributed by atoms with Crippen LogP contribution in [0.1, 0.15) is 53.8 Å². The normalized spacial score (nSPS) is 17.1. The van der Waals surface area contributed by atoms with Crippen molar-refractivity contribution in [3.05, 3.63) is 47.9 Å². The molecule has 0 unspecified atom stereocenters. The fraction of sp³-hybridized carbons (Fsp3) is 0.423. The summed E-state index contributed by atoms with van der Waals surface area (Å²) in [5.41, 5.74) is 0.658. The van der Waals surface area contributed by atoms with Crippen LogP contribution in [0, 0.1) is 0 Å². The van der Waals surface area contributed by atoms with Crippen molar-refractivity contribution in [3.8, 4) is 17.0 Å². The number of hydrogen-bond acceptors (Lipinski definition) is 6. The number of piperidine rings is 1. The number of amides is 2. The van der Waals surface area contributed by atoms with Crippen LogP contribution in [0.4, 0.5) is 13.6 Å². The minimum atomic E-state index is -2.76. The van der Waals surface area contributed by atoms with Gasteiger partial charge in [-0.15, -0.1) is 0 Å². The summed E-state index contributed by atoms with van der Waals surface area (Å²) >= 11 is 0. The van der Waals surface area contributed by atoms with Crippen LogP contribution in [0.5, 0.6) is 5.75 Å². The van der Waals surface area contributed by atoms with Crippen molar-refractivity contribution in [1.82, 2.24) is 15.2 Å². The van der Waals surface area contributed by atoms with Gasteiger partial charge in [0.25, 0.3) is 11.8 Å². The molecule has 0 bridgehead atoms. The van der Waals surface area contributed by atoms with Gasteiger partial charge in [0.15, 0.2) is 11.3 Å². The molecule has 4 rings (SSSR count). The second-order valence-corrected chi connectivity index (χ2v) is 9.64. The van der Waals surface area contributed by atoms with Crippen LogP contribution in [-0.4, -0.2) is 53.5 Å². The smallest absolute Gasteiger partial charge is 0.408 e. The molecule has 1 aromatic carbocycles. The molecule has 0 atom stereocenters. The Morgan fingerprint density at radius 1 is 1.22 bits per heavy atom. The highest BCUT2D eigenvalue weighted by molar-refractivity contribution is 5.94. The van der Waals surface area contributed by atoms with Crippen LogP contribution >= 0.6 is 0 Å². The molecule has 0 saturated carbocycles. The van der Waals surface area contributed by atoms with Gasteiger partial charge in [0.1, 0.15) is 11.4 Å². The predicted molar refractivity (Wildman–Crippen MR) is 129 cm³/mol. The van der Waals surface area contributed by atoms with E-state index in [4.69, 9.17) is 18.0 Å². The van der Waals surface area contributed by atoms with Gasteiger partial charge in [0.2, 0.25) is 0 Å². The number of alkyl carbamates (subject to hydrolysis) is 1. The van der Waals surface area contributed by atoms with Crippen molar-refractivity contribution < 1.29 is 36.4 Å². The Labute approximate surface area is 211 Å². The summed E-state index contributed by atoms with van der Waals surface area (Å²) in [6.45, 7) is 5.12. The molecular weight excluding hydrogens is 472 g/mol. The lowest BCUT2D eigenvalue weighted by molar-refractivity contribution is -0.0494. The SMILES string of the molecule is [2H]C([2H])([2H])Oc1cc(-c2ccc(C(=O)N3CCC(F)(F)CC3)cn2)cc2cc(CNC(=O)OC(C)(C)C)oc12. The summed E-state index contributed by atoms with van der Waals surface area (Å²) in [6, 6.07) is 7.92. The van der Waals surface area contributed by atoms with Gasteiger partial charge >= 0.3 is 6.09 Å². The lowest BCUT2D eigenvalue weighted by Crippen LogP contribution is -2.42. The molecule has 2 aromatic heterocycles. The number of carbonyl (C=O) groups excluding carboxylic acids is 2. The van der Waals surface area contributed by atoms with E-state index < -0.39 is 24.7 Å². The first kappa shape index (κ1) is 21.6. The van der Waals surface area contributed by atoms with E-state index in [0.29, 0.717) is 22.4 Å². The summed E-state index contributed by atoms with van der Waals surface area (Å²) in [5, 5.41) is 3.09. The zero-order chi connectivity index (χ0) is 28.6. The van der Waals surface area contributed by atoms with Gasteiger partial charge in [-0.05, 0) is 51.1 Å². The standard InChI is InChI=1S/C26H29F2N3O5/c1-25(2,3)36-24(33)30-15-19-12-18-11-17(13-21(34-4)22(18)35-19)20-6-5-16(14-29-20)23(32)31-9-7-26(27,28)8-10-31/h5-6,11-14H,7-10,15H2,1-4H3,(H,30,33)/i4D3. The van der Waals surface area contributed by atoms with Gasteiger partial charge in [-0.3, -0.25) is 9.78 Å². The number of nitrogens with one attached hydrogen (secondary N) is 1. The lowest BCUT2D eigenvalue weighted by atomic mass is 10.0. The molecule has 3 aromatic rings. The topological polar surface area (TPSA) is 93.9 Å². The van der Waals surface area contributed by atoms with Crippen LogP contribution in [0.2, 0.25) is 0 Å². The number of ether oxygens (including phenoxy) is 2. The maximum absolute atomic E-state index is 13.4. The first-order chi connectivity index (χ1) is 18.1.